The molecule has 0 aromatic heterocycles. The monoisotopic (exact) mass is 149 g/mol. The molecular formula is C5H8ClNS. The molecule has 0 aliphatic carbocycles. The summed E-state index contributed by atoms with van der Waals surface area (Å²) in [6.45, 7) is 2.13. The van der Waals surface area contributed by atoms with Crippen LogP contribution in [-0.2, 0) is 0 Å². The van der Waals surface area contributed by atoms with E-state index in [0.717, 1.165) is 16.7 Å². The fraction of sp³-hybridized carbons (Fsp3) is 0.800. The topological polar surface area (TPSA) is 12.4 Å². The first-order valence-electron chi connectivity index (χ1n) is 2.69. The molecule has 0 N–H and O–H groups in total. The Kier molecular flexibility index (Phi) is 2.20. The zero-order chi connectivity index (χ0) is 5.98. The second-order valence-corrected chi connectivity index (χ2v) is 3.35. The van der Waals surface area contributed by atoms with E-state index in [4.69, 9.17) is 11.6 Å². The Hall–Kier alpha value is 0.310. The number of nitrogens with zero attached hydrogens (tertiary/aromatic N) is 1. The molecule has 1 aliphatic rings. The van der Waals surface area contributed by atoms with Crippen LogP contribution in [0.5, 0.6) is 0 Å². The Morgan fingerprint density at radius 1 is 2.00 bits per heavy atom. The largest absolute Gasteiger partial charge is 0.263 e. The second kappa shape index (κ2) is 2.74. The van der Waals surface area contributed by atoms with E-state index in [0.29, 0.717) is 6.04 Å². The van der Waals surface area contributed by atoms with E-state index in [2.05, 4.69) is 11.9 Å². The van der Waals surface area contributed by atoms with Gasteiger partial charge in [-0.15, -0.1) is 0 Å². The predicted octanol–water partition coefficient (Wildman–Crippen LogP) is 2.11. The molecule has 8 heavy (non-hydrogen) atoms. The molecule has 0 spiro atoms. The van der Waals surface area contributed by atoms with Crippen molar-refractivity contribution in [2.45, 2.75) is 19.4 Å². The predicted molar refractivity (Wildman–Crippen MR) is 39.8 cm³/mol. The van der Waals surface area contributed by atoms with E-state index in [1.54, 1.807) is 11.8 Å². The molecule has 0 saturated heterocycles. The fourth-order valence-corrected chi connectivity index (χ4v) is 1.78. The molecule has 1 rings (SSSR count). The van der Waals surface area contributed by atoms with Crippen molar-refractivity contribution in [1.82, 2.24) is 0 Å². The van der Waals surface area contributed by atoms with Gasteiger partial charge in [-0.1, -0.05) is 30.3 Å². The Morgan fingerprint density at radius 2 is 2.75 bits per heavy atom. The smallest absolute Gasteiger partial charge is 0.158 e. The third-order valence-corrected chi connectivity index (χ3v) is 2.47. The van der Waals surface area contributed by atoms with Gasteiger partial charge in [-0.05, 0) is 6.42 Å². The summed E-state index contributed by atoms with van der Waals surface area (Å²) in [7, 11) is 0. The zero-order valence-electron chi connectivity index (χ0n) is 4.72. The molecule has 3 heteroatoms. The Morgan fingerprint density at radius 3 is 3.00 bits per heavy atom. The molecule has 0 radical (unpaired) electrons. The summed E-state index contributed by atoms with van der Waals surface area (Å²) in [6.07, 6.45) is 1.11. The lowest BCUT2D eigenvalue weighted by Crippen LogP contribution is -1.99. The normalized spacial score (nSPS) is 28.2. The number of halogens is 1. The molecule has 1 heterocycles. The maximum Gasteiger partial charge on any atom is 0.158 e. The second-order valence-electron chi connectivity index (χ2n) is 1.76. The number of hydrogen-bond acceptors (Lipinski definition) is 2. The first kappa shape index (κ1) is 6.43. The summed E-state index contributed by atoms with van der Waals surface area (Å²) < 4.78 is 0.733. The van der Waals surface area contributed by atoms with Crippen molar-refractivity contribution in [1.29, 1.82) is 0 Å². The molecule has 0 saturated carbocycles. The lowest BCUT2D eigenvalue weighted by atomic mass is 10.3. The van der Waals surface area contributed by atoms with Crippen LogP contribution in [0, 0.1) is 0 Å². The van der Waals surface area contributed by atoms with Crippen molar-refractivity contribution in [3.8, 4) is 0 Å². The van der Waals surface area contributed by atoms with Gasteiger partial charge >= 0.3 is 0 Å². The van der Waals surface area contributed by atoms with Gasteiger partial charge in [0, 0.05) is 5.75 Å². The lowest BCUT2D eigenvalue weighted by molar-refractivity contribution is 0.739. The minimum atomic E-state index is 0.493. The number of thioether (sulfide) groups is 1. The maximum atomic E-state index is 5.60. The van der Waals surface area contributed by atoms with Crippen LogP contribution >= 0.6 is 23.4 Å². The van der Waals surface area contributed by atoms with E-state index in [9.17, 15) is 0 Å². The molecule has 0 amide bonds. The molecule has 1 nitrogen and oxygen atoms in total. The van der Waals surface area contributed by atoms with Crippen molar-refractivity contribution in [3.63, 3.8) is 0 Å². The average Bonchev–Trinajstić information content (AvgIpc) is 2.14. The van der Waals surface area contributed by atoms with E-state index >= 15 is 0 Å². The standard InChI is InChI=1S/C5H8ClNS/c1-2-4-3-8-5(6)7-4/h4H,2-3H2,1H3. The fourth-order valence-electron chi connectivity index (χ4n) is 0.592. The molecule has 1 aliphatic heterocycles. The summed E-state index contributed by atoms with van der Waals surface area (Å²) in [5, 5.41) is 0. The van der Waals surface area contributed by atoms with Crippen LogP contribution < -0.4 is 0 Å². The third-order valence-electron chi connectivity index (χ3n) is 1.15. The summed E-state index contributed by atoms with van der Waals surface area (Å²) in [4.78, 5) is 4.15. The number of rotatable bonds is 1. The molecule has 1 atom stereocenters. The van der Waals surface area contributed by atoms with Crippen LogP contribution in [0.15, 0.2) is 4.99 Å². The van der Waals surface area contributed by atoms with Crippen LogP contribution in [0.3, 0.4) is 0 Å². The molecule has 0 bridgehead atoms. The number of aliphatic imine (C=N–C) groups is 1. The summed E-state index contributed by atoms with van der Waals surface area (Å²) in [5.41, 5.74) is 0. The minimum absolute atomic E-state index is 0.493. The number of hydrogen-bond donors (Lipinski definition) is 0. The van der Waals surface area contributed by atoms with E-state index in [1.807, 2.05) is 0 Å². The molecule has 0 aromatic carbocycles. The molecule has 0 aromatic rings. The SMILES string of the molecule is CCC1CSC(Cl)=N1. The lowest BCUT2D eigenvalue weighted by Gasteiger charge is -1.95. The average molecular weight is 150 g/mol. The van der Waals surface area contributed by atoms with Crippen molar-refractivity contribution in [2.24, 2.45) is 4.99 Å². The van der Waals surface area contributed by atoms with Gasteiger partial charge < -0.3 is 0 Å². The summed E-state index contributed by atoms with van der Waals surface area (Å²) in [6, 6.07) is 0.493. The van der Waals surface area contributed by atoms with Gasteiger partial charge in [-0.25, -0.2) is 0 Å². The van der Waals surface area contributed by atoms with Crippen LogP contribution in [0.4, 0.5) is 0 Å². The first-order chi connectivity index (χ1) is 3.83. The Labute approximate surface area is 58.5 Å². The Bertz CT molecular complexity index is 113. The van der Waals surface area contributed by atoms with Crippen molar-refractivity contribution in [3.05, 3.63) is 0 Å². The van der Waals surface area contributed by atoms with Gasteiger partial charge in [0.1, 0.15) is 0 Å². The zero-order valence-corrected chi connectivity index (χ0v) is 6.30. The minimum Gasteiger partial charge on any atom is -0.263 e. The molecule has 0 fully saturated rings. The van der Waals surface area contributed by atoms with Gasteiger partial charge in [0.2, 0.25) is 0 Å². The van der Waals surface area contributed by atoms with Gasteiger partial charge in [0.15, 0.2) is 4.50 Å². The van der Waals surface area contributed by atoms with Crippen LogP contribution in [0.1, 0.15) is 13.3 Å². The first-order valence-corrected chi connectivity index (χ1v) is 4.05. The van der Waals surface area contributed by atoms with Crippen LogP contribution in [0.2, 0.25) is 0 Å². The highest BCUT2D eigenvalue weighted by Gasteiger charge is 2.13. The highest BCUT2D eigenvalue weighted by atomic mass is 35.5. The van der Waals surface area contributed by atoms with E-state index < -0.39 is 0 Å². The molecular weight excluding hydrogens is 142 g/mol. The highest BCUT2D eigenvalue weighted by Crippen LogP contribution is 2.21. The van der Waals surface area contributed by atoms with E-state index in [-0.39, 0.29) is 0 Å². The third kappa shape index (κ3) is 1.39. The summed E-state index contributed by atoms with van der Waals surface area (Å²) in [5.74, 6) is 1.08. The van der Waals surface area contributed by atoms with Gasteiger partial charge in [0.25, 0.3) is 0 Å². The van der Waals surface area contributed by atoms with Gasteiger partial charge in [-0.2, -0.15) is 0 Å². The molecule has 1 unspecified atom stereocenters. The maximum absolute atomic E-state index is 5.60. The highest BCUT2D eigenvalue weighted by molar-refractivity contribution is 8.17. The van der Waals surface area contributed by atoms with Crippen molar-refractivity contribution in [2.75, 3.05) is 5.75 Å². The van der Waals surface area contributed by atoms with Gasteiger partial charge in [-0.3, -0.25) is 4.99 Å². The van der Waals surface area contributed by atoms with Crippen molar-refractivity contribution >= 4 is 27.9 Å². The molecule has 46 valence electrons. The summed E-state index contributed by atoms with van der Waals surface area (Å²) >= 11 is 7.24. The quantitative estimate of drug-likeness (QED) is 0.556. The van der Waals surface area contributed by atoms with Crippen LogP contribution in [0.25, 0.3) is 0 Å². The van der Waals surface area contributed by atoms with Gasteiger partial charge in [0.05, 0.1) is 6.04 Å². The Balaban J connectivity index is 2.41. The van der Waals surface area contributed by atoms with Crippen molar-refractivity contribution < 1.29 is 0 Å². The van der Waals surface area contributed by atoms with E-state index in [1.165, 1.54) is 0 Å². The van der Waals surface area contributed by atoms with Crippen LogP contribution in [-0.4, -0.2) is 16.3 Å².